The number of carbonyl (C=O) groups is 2. The lowest BCUT2D eigenvalue weighted by atomic mass is 9.76. The van der Waals surface area contributed by atoms with Crippen LogP contribution in [0.1, 0.15) is 39.5 Å². The quantitative estimate of drug-likeness (QED) is 0.818. The molecule has 0 bridgehead atoms. The fraction of sp³-hybridized carbons (Fsp3) is 0.857. The van der Waals surface area contributed by atoms with E-state index in [9.17, 15) is 14.7 Å². The first kappa shape index (κ1) is 14.2. The van der Waals surface area contributed by atoms with E-state index in [1.165, 1.54) is 19.3 Å². The number of rotatable bonds is 4. The summed E-state index contributed by atoms with van der Waals surface area (Å²) in [5.74, 6) is -0.118. The topological polar surface area (TPSA) is 69.6 Å². The Labute approximate surface area is 114 Å². The van der Waals surface area contributed by atoms with Crippen molar-refractivity contribution in [2.75, 3.05) is 19.6 Å². The largest absolute Gasteiger partial charge is 0.481 e. The van der Waals surface area contributed by atoms with Gasteiger partial charge in [0.25, 0.3) is 0 Å². The molecule has 2 aliphatic rings. The number of carbonyl (C=O) groups excluding carboxylic acids is 1. The molecule has 2 N–H and O–H groups in total. The second-order valence-corrected chi connectivity index (χ2v) is 6.27. The Morgan fingerprint density at radius 1 is 1.42 bits per heavy atom. The third-order valence-corrected chi connectivity index (χ3v) is 4.89. The summed E-state index contributed by atoms with van der Waals surface area (Å²) in [7, 11) is 0. The lowest BCUT2D eigenvalue weighted by molar-refractivity contribution is -0.150. The molecular formula is C14H24N2O3. The van der Waals surface area contributed by atoms with Gasteiger partial charge in [0.2, 0.25) is 0 Å². The summed E-state index contributed by atoms with van der Waals surface area (Å²) in [6.45, 7) is 5.45. The van der Waals surface area contributed by atoms with Gasteiger partial charge in [-0.3, -0.25) is 4.79 Å². The Balaban J connectivity index is 1.88. The first-order valence-corrected chi connectivity index (χ1v) is 7.22. The first-order valence-electron chi connectivity index (χ1n) is 7.22. The summed E-state index contributed by atoms with van der Waals surface area (Å²) >= 11 is 0. The van der Waals surface area contributed by atoms with Crippen molar-refractivity contribution in [1.82, 2.24) is 10.2 Å². The number of nitrogens with one attached hydrogen (secondary N) is 1. The van der Waals surface area contributed by atoms with Gasteiger partial charge in [-0.15, -0.1) is 0 Å². The van der Waals surface area contributed by atoms with E-state index in [0.29, 0.717) is 25.4 Å². The Hall–Kier alpha value is -1.26. The average molecular weight is 268 g/mol. The maximum Gasteiger partial charge on any atom is 0.317 e. The monoisotopic (exact) mass is 268 g/mol. The smallest absolute Gasteiger partial charge is 0.317 e. The zero-order chi connectivity index (χ0) is 14.0. The summed E-state index contributed by atoms with van der Waals surface area (Å²) in [5, 5.41) is 12.4. The minimum atomic E-state index is -0.781. The molecule has 2 fully saturated rings. The molecule has 0 aromatic rings. The Morgan fingerprint density at radius 2 is 2.11 bits per heavy atom. The third kappa shape index (κ3) is 2.69. The van der Waals surface area contributed by atoms with Crippen molar-refractivity contribution < 1.29 is 14.7 Å². The second kappa shape index (κ2) is 5.39. The van der Waals surface area contributed by atoms with Crippen LogP contribution < -0.4 is 5.32 Å². The highest BCUT2D eigenvalue weighted by Gasteiger charge is 2.48. The van der Waals surface area contributed by atoms with Gasteiger partial charge in [0.1, 0.15) is 0 Å². The molecule has 1 saturated carbocycles. The molecule has 2 rings (SSSR count). The minimum absolute atomic E-state index is 0.0365. The number of nitrogens with zero attached hydrogens (tertiary/aromatic N) is 1. The number of amides is 2. The van der Waals surface area contributed by atoms with Gasteiger partial charge >= 0.3 is 12.0 Å². The predicted molar refractivity (Wildman–Crippen MR) is 71.8 cm³/mol. The molecule has 1 aliphatic carbocycles. The van der Waals surface area contributed by atoms with Crippen LogP contribution >= 0.6 is 0 Å². The molecule has 5 heteroatoms. The lowest BCUT2D eigenvalue weighted by Crippen LogP contribution is -2.45. The molecule has 19 heavy (non-hydrogen) atoms. The summed E-state index contributed by atoms with van der Waals surface area (Å²) < 4.78 is 0. The summed E-state index contributed by atoms with van der Waals surface area (Å²) in [6.07, 6.45) is 4.22. The number of likely N-dealkylation sites (tertiary alicyclic amines) is 1. The number of urea groups is 1. The van der Waals surface area contributed by atoms with Crippen LogP contribution in [0.2, 0.25) is 0 Å². The molecule has 1 atom stereocenters. The van der Waals surface area contributed by atoms with Gasteiger partial charge in [-0.1, -0.05) is 20.3 Å². The molecule has 0 radical (unpaired) electrons. The van der Waals surface area contributed by atoms with Gasteiger partial charge in [-0.05, 0) is 31.1 Å². The van der Waals surface area contributed by atoms with Crippen LogP contribution in [-0.2, 0) is 4.79 Å². The minimum Gasteiger partial charge on any atom is -0.481 e. The first-order chi connectivity index (χ1) is 8.95. The Bertz CT molecular complexity index is 366. The van der Waals surface area contributed by atoms with E-state index in [1.807, 2.05) is 13.8 Å². The van der Waals surface area contributed by atoms with Crippen LogP contribution in [-0.4, -0.2) is 41.6 Å². The van der Waals surface area contributed by atoms with E-state index >= 15 is 0 Å². The number of carboxylic acids is 1. The van der Waals surface area contributed by atoms with E-state index in [-0.39, 0.29) is 11.9 Å². The molecule has 1 saturated heterocycles. The van der Waals surface area contributed by atoms with Crippen LogP contribution in [0.5, 0.6) is 0 Å². The van der Waals surface area contributed by atoms with Crippen LogP contribution in [0.3, 0.4) is 0 Å². The molecule has 1 unspecified atom stereocenters. The fourth-order valence-electron chi connectivity index (χ4n) is 2.94. The van der Waals surface area contributed by atoms with Crippen LogP contribution in [0.25, 0.3) is 0 Å². The van der Waals surface area contributed by atoms with Crippen molar-refractivity contribution in [2.45, 2.75) is 39.5 Å². The fourth-order valence-corrected chi connectivity index (χ4v) is 2.94. The molecule has 1 aliphatic heterocycles. The van der Waals surface area contributed by atoms with Crippen molar-refractivity contribution >= 4 is 12.0 Å². The van der Waals surface area contributed by atoms with Gasteiger partial charge in [0.05, 0.1) is 5.41 Å². The normalized spacial score (nSPS) is 27.4. The van der Waals surface area contributed by atoms with Crippen LogP contribution in [0.4, 0.5) is 4.79 Å². The number of hydrogen-bond acceptors (Lipinski definition) is 2. The maximum absolute atomic E-state index is 12.0. The SMILES string of the molecule is CC(C)C1(C(=O)O)CCN(C(=O)NCC2CCC2)C1. The maximum atomic E-state index is 12.0. The summed E-state index contributed by atoms with van der Waals surface area (Å²) in [5.41, 5.74) is -0.770. The molecule has 0 aromatic heterocycles. The van der Waals surface area contributed by atoms with E-state index in [2.05, 4.69) is 5.32 Å². The van der Waals surface area contributed by atoms with E-state index in [1.54, 1.807) is 4.90 Å². The third-order valence-electron chi connectivity index (χ3n) is 4.89. The van der Waals surface area contributed by atoms with Gasteiger partial charge in [0, 0.05) is 19.6 Å². The molecule has 0 aromatic carbocycles. The van der Waals surface area contributed by atoms with Crippen molar-refractivity contribution in [3.63, 3.8) is 0 Å². The Morgan fingerprint density at radius 3 is 2.53 bits per heavy atom. The lowest BCUT2D eigenvalue weighted by Gasteiger charge is -2.29. The summed E-state index contributed by atoms with van der Waals surface area (Å²) in [6, 6.07) is -0.101. The number of aliphatic carboxylic acids is 1. The second-order valence-electron chi connectivity index (χ2n) is 6.27. The van der Waals surface area contributed by atoms with Gasteiger partial charge in [0.15, 0.2) is 0 Å². The van der Waals surface area contributed by atoms with Gasteiger partial charge in [-0.2, -0.15) is 0 Å². The van der Waals surface area contributed by atoms with Crippen LogP contribution in [0, 0.1) is 17.3 Å². The highest BCUT2D eigenvalue weighted by Crippen LogP contribution is 2.38. The molecule has 1 heterocycles. The van der Waals surface area contributed by atoms with Gasteiger partial charge in [-0.25, -0.2) is 4.79 Å². The standard InChI is InChI=1S/C14H24N2O3/c1-10(2)14(12(17)18)6-7-16(9-14)13(19)15-8-11-4-3-5-11/h10-11H,3-9H2,1-2H3,(H,15,19)(H,17,18). The zero-order valence-electron chi connectivity index (χ0n) is 11.8. The number of hydrogen-bond donors (Lipinski definition) is 2. The molecular weight excluding hydrogens is 244 g/mol. The van der Waals surface area contributed by atoms with Crippen LogP contribution in [0.15, 0.2) is 0 Å². The molecule has 5 nitrogen and oxygen atoms in total. The van der Waals surface area contributed by atoms with Crippen molar-refractivity contribution in [3.8, 4) is 0 Å². The van der Waals surface area contributed by atoms with Crippen molar-refractivity contribution in [3.05, 3.63) is 0 Å². The van der Waals surface area contributed by atoms with Crippen molar-refractivity contribution in [2.24, 2.45) is 17.3 Å². The van der Waals surface area contributed by atoms with E-state index in [0.717, 1.165) is 6.54 Å². The Kier molecular flexibility index (Phi) is 4.02. The predicted octanol–water partition coefficient (Wildman–Crippen LogP) is 1.93. The molecule has 108 valence electrons. The van der Waals surface area contributed by atoms with E-state index < -0.39 is 11.4 Å². The highest BCUT2D eigenvalue weighted by molar-refractivity contribution is 5.80. The van der Waals surface area contributed by atoms with Crippen molar-refractivity contribution in [1.29, 1.82) is 0 Å². The van der Waals surface area contributed by atoms with Gasteiger partial charge < -0.3 is 15.3 Å². The molecule has 2 amide bonds. The molecule has 0 spiro atoms. The average Bonchev–Trinajstić information content (AvgIpc) is 2.72. The zero-order valence-corrected chi connectivity index (χ0v) is 11.8. The summed E-state index contributed by atoms with van der Waals surface area (Å²) in [4.78, 5) is 25.2. The highest BCUT2D eigenvalue weighted by atomic mass is 16.4. The van der Waals surface area contributed by atoms with E-state index in [4.69, 9.17) is 0 Å². The number of carboxylic acid groups (broad SMARTS) is 1.